The van der Waals surface area contributed by atoms with Crippen molar-refractivity contribution in [1.29, 1.82) is 5.26 Å². The molecule has 2 N–H and O–H groups in total. The minimum absolute atomic E-state index is 0.219. The first-order valence-electron chi connectivity index (χ1n) is 7.44. The van der Waals surface area contributed by atoms with Crippen LogP contribution in [0, 0.1) is 11.3 Å². The normalized spacial score (nSPS) is 9.92. The van der Waals surface area contributed by atoms with Crippen LogP contribution in [0.2, 0.25) is 0 Å². The van der Waals surface area contributed by atoms with Crippen LogP contribution < -0.4 is 10.6 Å². The van der Waals surface area contributed by atoms with Crippen molar-refractivity contribution < 1.29 is 4.79 Å². The molecule has 122 valence electrons. The topological polar surface area (TPSA) is 77.8 Å². The number of carbonyl (C=O) groups is 1. The second-order valence-corrected chi connectivity index (χ2v) is 6.12. The lowest BCUT2D eigenvalue weighted by molar-refractivity contribution is 0.102. The predicted molar refractivity (Wildman–Crippen MR) is 101 cm³/mol. The summed E-state index contributed by atoms with van der Waals surface area (Å²) in [5.74, 6) is 0.329. The molecule has 3 aromatic rings. The Hall–Kier alpha value is -3.17. The molecule has 2 aromatic carbocycles. The van der Waals surface area contributed by atoms with Crippen molar-refractivity contribution >= 4 is 39.0 Å². The minimum atomic E-state index is -0.219. The van der Waals surface area contributed by atoms with Gasteiger partial charge in [-0.3, -0.25) is 4.79 Å². The van der Waals surface area contributed by atoms with Crippen molar-refractivity contribution in [1.82, 2.24) is 4.98 Å². The summed E-state index contributed by atoms with van der Waals surface area (Å²) >= 11 is 3.38. The molecule has 0 radical (unpaired) electrons. The predicted octanol–water partition coefficient (Wildman–Crippen LogP) is 4.71. The maximum absolute atomic E-state index is 12.4. The van der Waals surface area contributed by atoms with Crippen molar-refractivity contribution in [3.8, 4) is 6.07 Å². The molecule has 0 aliphatic heterocycles. The molecule has 0 spiro atoms. The molecule has 0 bridgehead atoms. The molecular weight excluding hydrogens is 380 g/mol. The quantitative estimate of drug-likeness (QED) is 0.673. The molecule has 0 saturated heterocycles. The monoisotopic (exact) mass is 392 g/mol. The third kappa shape index (κ3) is 4.43. The Morgan fingerprint density at radius 2 is 1.84 bits per heavy atom. The van der Waals surface area contributed by atoms with Gasteiger partial charge in [-0.05, 0) is 54.6 Å². The number of hydrogen-bond donors (Lipinski definition) is 2. The van der Waals surface area contributed by atoms with Gasteiger partial charge in [-0.15, -0.1) is 0 Å². The van der Waals surface area contributed by atoms with E-state index in [1.165, 1.54) is 0 Å². The van der Waals surface area contributed by atoms with Gasteiger partial charge >= 0.3 is 0 Å². The van der Waals surface area contributed by atoms with Crippen LogP contribution in [-0.2, 0) is 0 Å². The number of nitrogens with one attached hydrogen (secondary N) is 2. The van der Waals surface area contributed by atoms with Crippen LogP contribution in [0.1, 0.15) is 15.9 Å². The highest BCUT2D eigenvalue weighted by atomic mass is 79.9. The second kappa shape index (κ2) is 7.60. The number of rotatable bonds is 4. The molecule has 0 fully saturated rings. The van der Waals surface area contributed by atoms with Gasteiger partial charge in [-0.1, -0.05) is 22.0 Å². The first-order chi connectivity index (χ1) is 12.1. The summed E-state index contributed by atoms with van der Waals surface area (Å²) < 4.78 is 0.892. The van der Waals surface area contributed by atoms with E-state index in [1.807, 2.05) is 24.3 Å². The number of halogens is 1. The Kier molecular flexibility index (Phi) is 5.07. The Bertz CT molecular complexity index is 948. The van der Waals surface area contributed by atoms with Gasteiger partial charge in [-0.2, -0.15) is 5.26 Å². The van der Waals surface area contributed by atoms with Gasteiger partial charge in [0.25, 0.3) is 5.91 Å². The van der Waals surface area contributed by atoms with E-state index in [0.29, 0.717) is 22.6 Å². The van der Waals surface area contributed by atoms with Gasteiger partial charge in [0.05, 0.1) is 11.6 Å². The highest BCUT2D eigenvalue weighted by molar-refractivity contribution is 9.10. The van der Waals surface area contributed by atoms with Crippen molar-refractivity contribution in [2.75, 3.05) is 10.6 Å². The summed E-state index contributed by atoms with van der Waals surface area (Å²) in [7, 11) is 0. The largest absolute Gasteiger partial charge is 0.340 e. The first-order valence-corrected chi connectivity index (χ1v) is 8.23. The van der Waals surface area contributed by atoms with Crippen molar-refractivity contribution in [3.05, 3.63) is 82.5 Å². The zero-order valence-corrected chi connectivity index (χ0v) is 14.6. The fraction of sp³-hybridized carbons (Fsp3) is 0. The van der Waals surface area contributed by atoms with Crippen LogP contribution in [-0.4, -0.2) is 10.9 Å². The third-order valence-corrected chi connectivity index (χ3v) is 3.88. The molecule has 0 unspecified atom stereocenters. The number of carbonyl (C=O) groups excluding carboxylic acids is 1. The molecule has 5 nitrogen and oxygen atoms in total. The lowest BCUT2D eigenvalue weighted by Gasteiger charge is -2.09. The van der Waals surface area contributed by atoms with Gasteiger partial charge in [0, 0.05) is 27.6 Å². The van der Waals surface area contributed by atoms with E-state index in [0.717, 1.165) is 10.2 Å². The van der Waals surface area contributed by atoms with E-state index in [9.17, 15) is 4.79 Å². The Morgan fingerprint density at radius 1 is 1.04 bits per heavy atom. The van der Waals surface area contributed by atoms with Crippen molar-refractivity contribution in [2.24, 2.45) is 0 Å². The number of hydrogen-bond acceptors (Lipinski definition) is 4. The van der Waals surface area contributed by atoms with Gasteiger partial charge in [0.15, 0.2) is 0 Å². The van der Waals surface area contributed by atoms with Crippen LogP contribution in [0.15, 0.2) is 71.3 Å². The second-order valence-electron chi connectivity index (χ2n) is 5.21. The molecule has 25 heavy (non-hydrogen) atoms. The van der Waals surface area contributed by atoms with E-state index in [-0.39, 0.29) is 5.91 Å². The van der Waals surface area contributed by atoms with E-state index < -0.39 is 0 Å². The number of pyridine rings is 1. The Morgan fingerprint density at radius 3 is 2.56 bits per heavy atom. The molecule has 0 atom stereocenters. The van der Waals surface area contributed by atoms with Gasteiger partial charge in [0.2, 0.25) is 0 Å². The highest BCUT2D eigenvalue weighted by Gasteiger charge is 2.08. The average molecular weight is 393 g/mol. The maximum Gasteiger partial charge on any atom is 0.255 e. The molecule has 6 heteroatoms. The van der Waals surface area contributed by atoms with Crippen LogP contribution >= 0.6 is 15.9 Å². The average Bonchev–Trinajstić information content (AvgIpc) is 2.62. The third-order valence-electron chi connectivity index (χ3n) is 3.39. The number of aromatic nitrogens is 1. The van der Waals surface area contributed by atoms with Crippen LogP contribution in [0.25, 0.3) is 0 Å². The number of benzene rings is 2. The molecule has 1 heterocycles. The highest BCUT2D eigenvalue weighted by Crippen LogP contribution is 2.19. The number of anilines is 3. The minimum Gasteiger partial charge on any atom is -0.340 e. The van der Waals surface area contributed by atoms with E-state index in [2.05, 4.69) is 37.6 Å². The van der Waals surface area contributed by atoms with Crippen LogP contribution in [0.3, 0.4) is 0 Å². The first kappa shape index (κ1) is 16.7. The summed E-state index contributed by atoms with van der Waals surface area (Å²) in [4.78, 5) is 16.6. The number of nitriles is 1. The van der Waals surface area contributed by atoms with E-state index >= 15 is 0 Å². The molecule has 0 aliphatic carbocycles. The molecule has 3 rings (SSSR count). The Balaban J connectivity index is 1.74. The lowest BCUT2D eigenvalue weighted by atomic mass is 10.2. The number of nitrogens with zero attached hydrogens (tertiary/aromatic N) is 2. The summed E-state index contributed by atoms with van der Waals surface area (Å²) in [6.07, 6.45) is 1.57. The molecular formula is C19H13BrN4O. The lowest BCUT2D eigenvalue weighted by Crippen LogP contribution is -2.12. The standard InChI is InChI=1S/C19H13BrN4O/c20-15-2-1-3-17(11-15)24-19(25)14-8-9-22-18(10-14)23-16-6-4-13(12-21)5-7-16/h1-11H,(H,22,23)(H,24,25). The Labute approximate surface area is 153 Å². The van der Waals surface area contributed by atoms with E-state index in [4.69, 9.17) is 5.26 Å². The molecule has 0 aliphatic rings. The zero-order chi connectivity index (χ0) is 17.6. The van der Waals surface area contributed by atoms with E-state index in [1.54, 1.807) is 42.6 Å². The SMILES string of the molecule is N#Cc1ccc(Nc2cc(C(=O)Nc3cccc(Br)c3)ccn2)cc1. The van der Waals surface area contributed by atoms with Crippen LogP contribution in [0.5, 0.6) is 0 Å². The van der Waals surface area contributed by atoms with Crippen molar-refractivity contribution in [2.45, 2.75) is 0 Å². The summed E-state index contributed by atoms with van der Waals surface area (Å²) in [5, 5.41) is 14.8. The molecule has 0 saturated carbocycles. The zero-order valence-electron chi connectivity index (χ0n) is 13.0. The van der Waals surface area contributed by atoms with Crippen molar-refractivity contribution in [3.63, 3.8) is 0 Å². The molecule has 1 aromatic heterocycles. The summed E-state index contributed by atoms with van der Waals surface area (Å²) in [5.41, 5.74) is 2.57. The van der Waals surface area contributed by atoms with Gasteiger partial charge in [0.1, 0.15) is 5.82 Å². The number of amides is 1. The fourth-order valence-corrected chi connectivity index (χ4v) is 2.58. The summed E-state index contributed by atoms with van der Waals surface area (Å²) in [6.45, 7) is 0. The smallest absolute Gasteiger partial charge is 0.255 e. The fourth-order valence-electron chi connectivity index (χ4n) is 2.19. The molecule has 1 amide bonds. The maximum atomic E-state index is 12.4. The van der Waals surface area contributed by atoms with Crippen LogP contribution in [0.4, 0.5) is 17.2 Å². The summed E-state index contributed by atoms with van der Waals surface area (Å²) in [6, 6.07) is 19.8. The van der Waals surface area contributed by atoms with Gasteiger partial charge in [-0.25, -0.2) is 4.98 Å². The van der Waals surface area contributed by atoms with Gasteiger partial charge < -0.3 is 10.6 Å².